The summed E-state index contributed by atoms with van der Waals surface area (Å²) in [6, 6.07) is 0. The van der Waals surface area contributed by atoms with Crippen molar-refractivity contribution in [2.45, 2.75) is 54.1 Å². The minimum absolute atomic E-state index is 0.772. The Morgan fingerprint density at radius 3 is 2.17 bits per heavy atom. The van der Waals surface area contributed by atoms with Crippen LogP contribution in [0.25, 0.3) is 0 Å². The lowest BCUT2D eigenvalue weighted by Crippen LogP contribution is -2.71. The molecule has 23 heavy (non-hydrogen) atoms. The van der Waals surface area contributed by atoms with Crippen LogP contribution in [0.15, 0.2) is 0 Å². The van der Waals surface area contributed by atoms with Gasteiger partial charge in [0.1, 0.15) is 47.8 Å². The Bertz CT molecular complexity index is 422. The fourth-order valence-corrected chi connectivity index (χ4v) is 3.01. The van der Waals surface area contributed by atoms with Crippen LogP contribution < -0.4 is 0 Å². The number of hydrogen-bond donors (Lipinski definition) is 9. The zero-order valence-electron chi connectivity index (χ0n) is 12.0. The number of aliphatic hydroxyl groups excluding tert-OH is 7. The first kappa shape index (κ1) is 18.9. The van der Waals surface area contributed by atoms with Crippen molar-refractivity contribution < 1.29 is 55.4 Å². The van der Waals surface area contributed by atoms with Crippen molar-refractivity contribution in [3.05, 3.63) is 0 Å². The molecule has 9 N–H and O–H groups in total. The molecule has 2 fully saturated rings. The molecular formula is C12H22O11. The lowest BCUT2D eigenvalue weighted by molar-refractivity contribution is -0.267. The molecule has 0 aromatic carbocycles. The fraction of sp³-hybridized carbons (Fsp3) is 1.00. The number of rotatable bonds is 5. The zero-order valence-corrected chi connectivity index (χ0v) is 12.0. The summed E-state index contributed by atoms with van der Waals surface area (Å²) in [5.74, 6) is 0. The third-order valence-electron chi connectivity index (χ3n) is 4.56. The van der Waals surface area contributed by atoms with Crippen molar-refractivity contribution in [2.75, 3.05) is 19.8 Å². The minimum atomic E-state index is -2.74. The SMILES string of the molecule is OC[C@@H](O)[C@@H]1OC[C@](O)([C@@](O)(CO)[C@@H]2O[C@H](O)[C@H](O)[C@H]2O)[C@H]1O. The van der Waals surface area contributed by atoms with E-state index in [4.69, 9.17) is 14.6 Å². The van der Waals surface area contributed by atoms with E-state index in [-0.39, 0.29) is 0 Å². The molecule has 2 aliphatic rings. The lowest BCUT2D eigenvalue weighted by Gasteiger charge is -2.45. The van der Waals surface area contributed by atoms with E-state index in [0.717, 1.165) is 0 Å². The molecule has 0 aromatic rings. The van der Waals surface area contributed by atoms with Crippen LogP contribution in [0.1, 0.15) is 0 Å². The highest BCUT2D eigenvalue weighted by Crippen LogP contribution is 2.42. The molecule has 9 atom stereocenters. The van der Waals surface area contributed by atoms with E-state index in [2.05, 4.69) is 0 Å². The van der Waals surface area contributed by atoms with Gasteiger partial charge < -0.3 is 55.4 Å². The highest BCUT2D eigenvalue weighted by molar-refractivity contribution is 5.16. The second kappa shape index (κ2) is 6.46. The second-order valence-electron chi connectivity index (χ2n) is 5.91. The summed E-state index contributed by atoms with van der Waals surface area (Å²) < 4.78 is 9.78. The van der Waals surface area contributed by atoms with Crippen molar-refractivity contribution in [1.82, 2.24) is 0 Å². The Balaban J connectivity index is 2.32. The molecule has 0 aromatic heterocycles. The molecule has 2 saturated heterocycles. The van der Waals surface area contributed by atoms with Gasteiger partial charge in [0.05, 0.1) is 19.8 Å². The molecule has 2 heterocycles. The van der Waals surface area contributed by atoms with E-state index in [0.29, 0.717) is 0 Å². The second-order valence-corrected chi connectivity index (χ2v) is 5.91. The Labute approximate surface area is 130 Å². The van der Waals surface area contributed by atoms with Gasteiger partial charge in [-0.3, -0.25) is 0 Å². The Hall–Kier alpha value is -0.440. The average Bonchev–Trinajstić information content (AvgIpc) is 2.99. The molecule has 0 aliphatic carbocycles. The molecule has 0 radical (unpaired) electrons. The van der Waals surface area contributed by atoms with Crippen LogP contribution in [0.5, 0.6) is 0 Å². The smallest absolute Gasteiger partial charge is 0.184 e. The van der Waals surface area contributed by atoms with Gasteiger partial charge in [0.2, 0.25) is 0 Å². The first-order valence-electron chi connectivity index (χ1n) is 6.98. The molecule has 136 valence electrons. The van der Waals surface area contributed by atoms with Crippen LogP contribution in [-0.4, -0.2) is 120 Å². The van der Waals surface area contributed by atoms with Gasteiger partial charge in [0.15, 0.2) is 6.29 Å². The third-order valence-corrected chi connectivity index (χ3v) is 4.56. The van der Waals surface area contributed by atoms with Crippen molar-refractivity contribution >= 4 is 0 Å². The van der Waals surface area contributed by atoms with Gasteiger partial charge in [-0.05, 0) is 0 Å². The summed E-state index contributed by atoms with van der Waals surface area (Å²) in [6.45, 7) is -2.80. The first-order chi connectivity index (χ1) is 10.6. The van der Waals surface area contributed by atoms with Crippen LogP contribution >= 0.6 is 0 Å². The van der Waals surface area contributed by atoms with Crippen LogP contribution in [0.2, 0.25) is 0 Å². The summed E-state index contributed by atoms with van der Waals surface area (Å²) in [7, 11) is 0. The van der Waals surface area contributed by atoms with Crippen molar-refractivity contribution in [1.29, 1.82) is 0 Å². The Kier molecular flexibility index (Phi) is 5.31. The van der Waals surface area contributed by atoms with E-state index in [1.807, 2.05) is 0 Å². The lowest BCUT2D eigenvalue weighted by atomic mass is 9.73. The molecule has 0 unspecified atom stereocenters. The largest absolute Gasteiger partial charge is 0.394 e. The third kappa shape index (κ3) is 2.67. The summed E-state index contributed by atoms with van der Waals surface area (Å²) in [5, 5.41) is 88.1. The normalized spacial score (nSPS) is 48.4. The van der Waals surface area contributed by atoms with E-state index < -0.39 is 73.9 Å². The molecule has 11 nitrogen and oxygen atoms in total. The van der Waals surface area contributed by atoms with Crippen LogP contribution in [-0.2, 0) is 9.47 Å². The maximum absolute atomic E-state index is 10.6. The van der Waals surface area contributed by atoms with Gasteiger partial charge in [-0.25, -0.2) is 0 Å². The standard InChI is InChI=1S/C12H22O11/c13-1-4(15)7-8(18)12(21,3-22-7)11(20,2-14)9-5(16)6(17)10(19)23-9/h4-10,13-21H,1-3H2/t4-,5-,6-,7+,8+,9-,10+,11-,12-/m1/s1. The summed E-state index contributed by atoms with van der Waals surface area (Å²) in [6.07, 6.45) is -12.4. The Morgan fingerprint density at radius 2 is 1.74 bits per heavy atom. The van der Waals surface area contributed by atoms with Gasteiger partial charge in [-0.2, -0.15) is 0 Å². The minimum Gasteiger partial charge on any atom is -0.394 e. The highest BCUT2D eigenvalue weighted by Gasteiger charge is 2.68. The van der Waals surface area contributed by atoms with Gasteiger partial charge in [-0.1, -0.05) is 0 Å². The van der Waals surface area contributed by atoms with E-state index in [9.17, 15) is 40.9 Å². The summed E-state index contributed by atoms with van der Waals surface area (Å²) in [5.41, 5.74) is -5.35. The van der Waals surface area contributed by atoms with Crippen molar-refractivity contribution in [3.8, 4) is 0 Å². The van der Waals surface area contributed by atoms with Gasteiger partial charge in [-0.15, -0.1) is 0 Å². The zero-order chi connectivity index (χ0) is 17.6. The quantitative estimate of drug-likeness (QED) is 0.230. The maximum atomic E-state index is 10.6. The predicted molar refractivity (Wildman–Crippen MR) is 68.7 cm³/mol. The summed E-state index contributed by atoms with van der Waals surface area (Å²) in [4.78, 5) is 0. The summed E-state index contributed by atoms with van der Waals surface area (Å²) >= 11 is 0. The van der Waals surface area contributed by atoms with Crippen molar-refractivity contribution in [3.63, 3.8) is 0 Å². The van der Waals surface area contributed by atoms with Gasteiger partial charge in [0, 0.05) is 0 Å². The van der Waals surface area contributed by atoms with E-state index >= 15 is 0 Å². The van der Waals surface area contributed by atoms with Crippen LogP contribution in [0.3, 0.4) is 0 Å². The maximum Gasteiger partial charge on any atom is 0.184 e. The molecule has 2 rings (SSSR count). The molecular weight excluding hydrogens is 320 g/mol. The fourth-order valence-electron chi connectivity index (χ4n) is 3.01. The molecule has 11 heteroatoms. The number of ether oxygens (including phenoxy) is 2. The number of hydrogen-bond acceptors (Lipinski definition) is 11. The molecule has 0 amide bonds. The molecule has 0 bridgehead atoms. The number of aliphatic hydroxyl groups is 9. The topological polar surface area (TPSA) is 201 Å². The average molecular weight is 342 g/mol. The first-order valence-corrected chi connectivity index (χ1v) is 6.98. The van der Waals surface area contributed by atoms with Gasteiger partial charge >= 0.3 is 0 Å². The molecule has 2 aliphatic heterocycles. The van der Waals surface area contributed by atoms with Gasteiger partial charge in [0.25, 0.3) is 0 Å². The monoisotopic (exact) mass is 342 g/mol. The highest BCUT2D eigenvalue weighted by atomic mass is 16.7. The molecule has 0 spiro atoms. The molecule has 0 saturated carbocycles. The van der Waals surface area contributed by atoms with E-state index in [1.54, 1.807) is 0 Å². The van der Waals surface area contributed by atoms with Crippen LogP contribution in [0, 0.1) is 0 Å². The Morgan fingerprint density at radius 1 is 1.13 bits per heavy atom. The predicted octanol–water partition coefficient (Wildman–Crippen LogP) is -6.01. The van der Waals surface area contributed by atoms with Crippen LogP contribution in [0.4, 0.5) is 0 Å². The van der Waals surface area contributed by atoms with Crippen molar-refractivity contribution in [2.24, 2.45) is 0 Å². The van der Waals surface area contributed by atoms with E-state index in [1.165, 1.54) is 0 Å².